The molecule has 2 atom stereocenters. The fourth-order valence-electron chi connectivity index (χ4n) is 3.69. The molecule has 4 nitrogen and oxygen atoms in total. The van der Waals surface area contributed by atoms with Crippen molar-refractivity contribution >= 4 is 28.3 Å². The van der Waals surface area contributed by atoms with Gasteiger partial charge in [-0.3, -0.25) is 0 Å². The Morgan fingerprint density at radius 1 is 1.16 bits per heavy atom. The fourth-order valence-corrected chi connectivity index (χ4v) is 3.86. The molecule has 124 valence electrons. The first kappa shape index (κ1) is 15.9. The maximum Gasteiger partial charge on any atom is 0.140 e. The molecule has 1 fully saturated rings. The van der Waals surface area contributed by atoms with Crippen molar-refractivity contribution < 1.29 is 0 Å². The molecule has 1 aliphatic rings. The number of hydrogen-bond acceptors (Lipinski definition) is 4. The number of benzene rings is 2. The van der Waals surface area contributed by atoms with E-state index in [4.69, 9.17) is 11.6 Å². The van der Waals surface area contributed by atoms with Crippen molar-refractivity contribution in [2.75, 3.05) is 11.4 Å². The summed E-state index contributed by atoms with van der Waals surface area (Å²) < 4.78 is 0. The molecular weight excluding hydrogens is 332 g/mol. The lowest BCUT2D eigenvalue weighted by atomic mass is 9.91. The average molecular weight is 349 g/mol. The second-order valence-electron chi connectivity index (χ2n) is 6.28. The van der Waals surface area contributed by atoms with Crippen LogP contribution in [-0.2, 0) is 0 Å². The molecule has 0 bridgehead atoms. The summed E-state index contributed by atoms with van der Waals surface area (Å²) in [6.45, 7) is 0.893. The van der Waals surface area contributed by atoms with Gasteiger partial charge in [0.15, 0.2) is 0 Å². The van der Waals surface area contributed by atoms with E-state index in [0.29, 0.717) is 5.02 Å². The topological polar surface area (TPSA) is 52.8 Å². The summed E-state index contributed by atoms with van der Waals surface area (Å²) in [5.41, 5.74) is 1.89. The highest BCUT2D eigenvalue weighted by Gasteiger charge is 2.34. The zero-order valence-electron chi connectivity index (χ0n) is 13.6. The molecule has 1 aromatic heterocycles. The quantitative estimate of drug-likeness (QED) is 0.696. The zero-order chi connectivity index (χ0) is 17.2. The van der Waals surface area contributed by atoms with E-state index >= 15 is 0 Å². The van der Waals surface area contributed by atoms with Crippen molar-refractivity contribution in [2.24, 2.45) is 0 Å². The first-order valence-electron chi connectivity index (χ1n) is 8.39. The number of halogens is 1. The monoisotopic (exact) mass is 348 g/mol. The lowest BCUT2D eigenvalue weighted by Gasteiger charge is -2.30. The highest BCUT2D eigenvalue weighted by Crippen LogP contribution is 2.36. The SMILES string of the molecule is N#CC(c1ccccc1)C1CCCN1c1ncnc2cc(Cl)ccc12. The minimum absolute atomic E-state index is 0.112. The van der Waals surface area contributed by atoms with Gasteiger partial charge in [-0.25, -0.2) is 9.97 Å². The van der Waals surface area contributed by atoms with Gasteiger partial charge in [-0.15, -0.1) is 0 Å². The van der Waals surface area contributed by atoms with Crippen LogP contribution in [0.5, 0.6) is 0 Å². The van der Waals surface area contributed by atoms with Crippen LogP contribution in [0.25, 0.3) is 10.9 Å². The number of nitrogens with zero attached hydrogens (tertiary/aromatic N) is 4. The Bertz CT molecular complexity index is 935. The molecule has 3 aromatic rings. The van der Waals surface area contributed by atoms with Crippen LogP contribution in [0.2, 0.25) is 5.02 Å². The molecule has 0 saturated carbocycles. The molecule has 2 heterocycles. The standard InChI is InChI=1S/C20H17ClN4/c21-15-8-9-16-18(11-15)23-13-24-20(16)25-10-4-7-19(25)17(12-22)14-5-2-1-3-6-14/h1-3,5-6,8-9,11,13,17,19H,4,7,10H2. The third-order valence-corrected chi connectivity index (χ3v) is 5.07. The number of nitriles is 1. The molecule has 0 spiro atoms. The van der Waals surface area contributed by atoms with Crippen molar-refractivity contribution in [1.82, 2.24) is 9.97 Å². The van der Waals surface area contributed by atoms with Crippen molar-refractivity contribution in [3.8, 4) is 6.07 Å². The number of aromatic nitrogens is 2. The molecule has 0 aliphatic carbocycles. The van der Waals surface area contributed by atoms with Crippen molar-refractivity contribution in [3.63, 3.8) is 0 Å². The lowest BCUT2D eigenvalue weighted by molar-refractivity contribution is 0.608. The number of rotatable bonds is 3. The second kappa shape index (κ2) is 6.70. The molecule has 2 aromatic carbocycles. The van der Waals surface area contributed by atoms with Gasteiger partial charge >= 0.3 is 0 Å². The van der Waals surface area contributed by atoms with E-state index in [2.05, 4.69) is 20.9 Å². The van der Waals surface area contributed by atoms with Crippen LogP contribution in [0.3, 0.4) is 0 Å². The van der Waals surface area contributed by atoms with Gasteiger partial charge in [-0.1, -0.05) is 41.9 Å². The predicted molar refractivity (Wildman–Crippen MR) is 99.7 cm³/mol. The summed E-state index contributed by atoms with van der Waals surface area (Å²) >= 11 is 6.10. The Kier molecular flexibility index (Phi) is 4.25. The normalized spacial score (nSPS) is 18.2. The molecule has 4 rings (SSSR count). The van der Waals surface area contributed by atoms with Crippen LogP contribution < -0.4 is 4.90 Å². The third-order valence-electron chi connectivity index (χ3n) is 4.83. The molecule has 0 radical (unpaired) electrons. The molecule has 1 aliphatic heterocycles. The Balaban J connectivity index is 1.76. The fraction of sp³-hybridized carbons (Fsp3) is 0.250. The molecule has 2 unspecified atom stereocenters. The highest BCUT2D eigenvalue weighted by molar-refractivity contribution is 6.31. The van der Waals surface area contributed by atoms with E-state index in [0.717, 1.165) is 41.7 Å². The largest absolute Gasteiger partial charge is 0.351 e. The van der Waals surface area contributed by atoms with Crippen molar-refractivity contribution in [1.29, 1.82) is 5.26 Å². The molecule has 0 amide bonds. The molecule has 0 N–H and O–H groups in total. The highest BCUT2D eigenvalue weighted by atomic mass is 35.5. The second-order valence-corrected chi connectivity index (χ2v) is 6.72. The van der Waals surface area contributed by atoms with Crippen LogP contribution in [-0.4, -0.2) is 22.6 Å². The van der Waals surface area contributed by atoms with Crippen LogP contribution >= 0.6 is 11.6 Å². The van der Waals surface area contributed by atoms with Crippen LogP contribution in [0.15, 0.2) is 54.9 Å². The predicted octanol–water partition coefficient (Wildman–Crippen LogP) is 4.56. The molecule has 25 heavy (non-hydrogen) atoms. The van der Waals surface area contributed by atoms with Gasteiger partial charge in [0, 0.05) is 17.0 Å². The van der Waals surface area contributed by atoms with Crippen LogP contribution in [0, 0.1) is 11.3 Å². The number of fused-ring (bicyclic) bond motifs is 1. The van der Waals surface area contributed by atoms with Gasteiger partial charge in [0.25, 0.3) is 0 Å². The van der Waals surface area contributed by atoms with Gasteiger partial charge in [0.05, 0.1) is 23.5 Å². The Morgan fingerprint density at radius 2 is 2.00 bits per heavy atom. The van der Waals surface area contributed by atoms with Crippen molar-refractivity contribution in [3.05, 3.63) is 65.4 Å². The minimum Gasteiger partial charge on any atom is -0.351 e. The summed E-state index contributed by atoms with van der Waals surface area (Å²) in [7, 11) is 0. The van der Waals surface area contributed by atoms with E-state index in [9.17, 15) is 5.26 Å². The van der Waals surface area contributed by atoms with Gasteiger partial charge in [-0.05, 0) is 36.6 Å². The summed E-state index contributed by atoms with van der Waals surface area (Å²) in [6, 6.07) is 18.3. The van der Waals surface area contributed by atoms with E-state index in [1.54, 1.807) is 6.33 Å². The number of anilines is 1. The Morgan fingerprint density at radius 3 is 2.80 bits per heavy atom. The zero-order valence-corrected chi connectivity index (χ0v) is 14.4. The minimum atomic E-state index is -0.180. The first-order valence-corrected chi connectivity index (χ1v) is 8.77. The third kappa shape index (κ3) is 2.92. The molecular formula is C20H17ClN4. The molecule has 5 heteroatoms. The summed E-state index contributed by atoms with van der Waals surface area (Å²) in [4.78, 5) is 11.1. The van der Waals surface area contributed by atoms with E-state index in [-0.39, 0.29) is 12.0 Å². The van der Waals surface area contributed by atoms with Gasteiger partial charge in [-0.2, -0.15) is 5.26 Å². The van der Waals surface area contributed by atoms with Crippen LogP contribution in [0.1, 0.15) is 24.3 Å². The van der Waals surface area contributed by atoms with Gasteiger partial charge < -0.3 is 4.90 Å². The van der Waals surface area contributed by atoms with E-state index < -0.39 is 0 Å². The van der Waals surface area contributed by atoms with Gasteiger partial charge in [0.2, 0.25) is 0 Å². The Hall–Kier alpha value is -2.64. The molecule has 1 saturated heterocycles. The first-order chi connectivity index (χ1) is 12.3. The van der Waals surface area contributed by atoms with Crippen LogP contribution in [0.4, 0.5) is 5.82 Å². The maximum atomic E-state index is 9.83. The van der Waals surface area contributed by atoms with Crippen molar-refractivity contribution in [2.45, 2.75) is 24.8 Å². The maximum absolute atomic E-state index is 9.83. The van der Waals surface area contributed by atoms with E-state index in [1.807, 2.05) is 48.5 Å². The average Bonchev–Trinajstić information content (AvgIpc) is 3.12. The summed E-state index contributed by atoms with van der Waals surface area (Å²) in [5.74, 6) is 0.710. The summed E-state index contributed by atoms with van der Waals surface area (Å²) in [5, 5.41) is 11.5. The van der Waals surface area contributed by atoms with E-state index in [1.165, 1.54) is 0 Å². The summed E-state index contributed by atoms with van der Waals surface area (Å²) in [6.07, 6.45) is 3.61. The Labute approximate surface area is 151 Å². The smallest absolute Gasteiger partial charge is 0.140 e. The number of hydrogen-bond donors (Lipinski definition) is 0. The lowest BCUT2D eigenvalue weighted by Crippen LogP contribution is -2.34. The van der Waals surface area contributed by atoms with Gasteiger partial charge in [0.1, 0.15) is 12.1 Å².